The molecule has 0 aliphatic rings. The number of hydrogen-bond acceptors (Lipinski definition) is 7. The lowest BCUT2D eigenvalue weighted by atomic mass is 9.94. The number of hydrogen-bond donors (Lipinski definition) is 0. The molecule has 8 nitrogen and oxygen atoms in total. The second-order valence-electron chi connectivity index (χ2n) is 10.5. The molecule has 1 unspecified atom stereocenters. The molecule has 1 aromatic rings. The van der Waals surface area contributed by atoms with Crippen LogP contribution in [0.15, 0.2) is 6.07 Å². The van der Waals surface area contributed by atoms with Crippen LogP contribution in [0.1, 0.15) is 109 Å². The number of carbonyl (C=O) groups excluding carboxylic acids is 3. The molecule has 0 radical (unpaired) electrons. The van der Waals surface area contributed by atoms with E-state index in [0.29, 0.717) is 18.9 Å². The summed E-state index contributed by atoms with van der Waals surface area (Å²) in [5, 5.41) is 0. The quantitative estimate of drug-likeness (QED) is 0.213. The van der Waals surface area contributed by atoms with Crippen molar-refractivity contribution in [1.29, 1.82) is 0 Å². The van der Waals surface area contributed by atoms with Gasteiger partial charge in [0.25, 0.3) is 0 Å². The number of methoxy groups -OCH3 is 1. The Morgan fingerprint density at radius 1 is 0.972 bits per heavy atom. The van der Waals surface area contributed by atoms with E-state index < -0.39 is 58.4 Å². The normalized spacial score (nSPS) is 13.1. The van der Waals surface area contributed by atoms with Gasteiger partial charge >= 0.3 is 24.3 Å². The Kier molecular flexibility index (Phi) is 10.3. The monoisotopic (exact) mass is 518 g/mol. The highest BCUT2D eigenvalue weighted by Crippen LogP contribution is 2.40. The second kappa shape index (κ2) is 11.9. The molecule has 0 aromatic carbocycles. The van der Waals surface area contributed by atoms with E-state index in [2.05, 4.69) is 4.98 Å². The fourth-order valence-electron chi connectivity index (χ4n) is 3.26. The molecule has 0 N–H and O–H groups in total. The van der Waals surface area contributed by atoms with Crippen molar-refractivity contribution in [2.24, 2.45) is 0 Å². The van der Waals surface area contributed by atoms with E-state index in [1.165, 1.54) is 41.5 Å². The van der Waals surface area contributed by atoms with E-state index >= 15 is 0 Å². The predicted octanol–water partition coefficient (Wildman–Crippen LogP) is 7.25. The minimum absolute atomic E-state index is 0.247. The first-order valence-electron chi connectivity index (χ1n) is 11.8. The number of ether oxygens (including phenoxy) is 3. The first kappa shape index (κ1) is 31.2. The topological polar surface area (TPSA) is 95.0 Å². The van der Waals surface area contributed by atoms with Gasteiger partial charge in [0.2, 0.25) is 0 Å². The summed E-state index contributed by atoms with van der Waals surface area (Å²) in [5.41, 5.74) is -5.17. The van der Waals surface area contributed by atoms with Crippen molar-refractivity contribution in [1.82, 2.24) is 4.98 Å². The molecule has 0 bridgehead atoms. The fraction of sp³-hybridized carbons (Fsp3) is 0.680. The largest absolute Gasteiger partial charge is 0.464 e. The number of unbranched alkanes of at least 4 members (excludes halogenated alkanes) is 2. The smallest absolute Gasteiger partial charge is 0.424 e. The van der Waals surface area contributed by atoms with Crippen LogP contribution in [0.2, 0.25) is 0 Å². The van der Waals surface area contributed by atoms with Crippen LogP contribution < -0.4 is 4.90 Å². The van der Waals surface area contributed by atoms with Crippen molar-refractivity contribution in [2.45, 2.75) is 104 Å². The molecule has 2 amide bonds. The molecule has 1 atom stereocenters. The lowest BCUT2D eigenvalue weighted by Gasteiger charge is -2.30. The minimum Gasteiger partial charge on any atom is -0.464 e. The van der Waals surface area contributed by atoms with E-state index in [-0.39, 0.29) is 10.6 Å². The van der Waals surface area contributed by atoms with Crippen molar-refractivity contribution in [2.75, 3.05) is 12.0 Å². The number of rotatable bonds is 7. The van der Waals surface area contributed by atoms with Gasteiger partial charge in [0.05, 0.1) is 24.1 Å². The van der Waals surface area contributed by atoms with E-state index in [1.54, 1.807) is 6.92 Å². The molecule has 1 heterocycles. The first-order valence-corrected chi connectivity index (χ1v) is 11.8. The molecule has 204 valence electrons. The molecule has 0 saturated heterocycles. The van der Waals surface area contributed by atoms with Crippen LogP contribution in [0.25, 0.3) is 0 Å². The number of carbonyl (C=O) groups is 3. The zero-order valence-electron chi connectivity index (χ0n) is 22.5. The maximum Gasteiger partial charge on any atom is 0.424 e. The summed E-state index contributed by atoms with van der Waals surface area (Å²) < 4.78 is 57.8. The Morgan fingerprint density at radius 3 is 1.86 bits per heavy atom. The third-order valence-electron chi connectivity index (χ3n) is 4.82. The standard InChI is InChI=1S/C25H37F3N2O6/c1-10-11-12-13-15(2)18-16(25(26,27)28)14-17(19(29-18)20(31)34-9)30(21(32)35-23(3,4)5)22(33)36-24(6,7)8/h14-15H,10-13H2,1-9H3. The van der Waals surface area contributed by atoms with Gasteiger partial charge in [0.15, 0.2) is 5.69 Å². The summed E-state index contributed by atoms with van der Waals surface area (Å²) in [7, 11) is 1.01. The summed E-state index contributed by atoms with van der Waals surface area (Å²) >= 11 is 0. The highest BCUT2D eigenvalue weighted by molar-refractivity contribution is 6.13. The lowest BCUT2D eigenvalue weighted by molar-refractivity contribution is -0.138. The van der Waals surface area contributed by atoms with Crippen LogP contribution in [0.5, 0.6) is 0 Å². The van der Waals surface area contributed by atoms with Crippen LogP contribution in [-0.4, -0.2) is 41.5 Å². The SMILES string of the molecule is CCCCCC(C)c1nc(C(=O)OC)c(N(C(=O)OC(C)(C)C)C(=O)OC(C)(C)C)cc1C(F)(F)F. The zero-order chi connectivity index (χ0) is 28.1. The Bertz CT molecular complexity index is 921. The van der Waals surface area contributed by atoms with Crippen molar-refractivity contribution >= 4 is 23.8 Å². The average molecular weight is 519 g/mol. The van der Waals surface area contributed by atoms with Gasteiger partial charge in [-0.3, -0.25) is 0 Å². The number of aromatic nitrogens is 1. The van der Waals surface area contributed by atoms with Gasteiger partial charge < -0.3 is 14.2 Å². The van der Waals surface area contributed by atoms with Crippen molar-refractivity contribution < 1.29 is 41.8 Å². The summed E-state index contributed by atoms with van der Waals surface area (Å²) in [4.78, 5) is 43.0. The molecule has 0 fully saturated rings. The molecule has 11 heteroatoms. The maximum absolute atomic E-state index is 14.2. The van der Waals surface area contributed by atoms with Gasteiger partial charge in [-0.1, -0.05) is 33.1 Å². The highest BCUT2D eigenvalue weighted by Gasteiger charge is 2.41. The van der Waals surface area contributed by atoms with Crippen molar-refractivity contribution in [3.05, 3.63) is 23.0 Å². The number of anilines is 1. The van der Waals surface area contributed by atoms with Gasteiger partial charge in [-0.05, 0) is 59.9 Å². The van der Waals surface area contributed by atoms with Crippen LogP contribution in [-0.2, 0) is 20.4 Å². The Morgan fingerprint density at radius 2 is 1.47 bits per heavy atom. The molecule has 0 spiro atoms. The van der Waals surface area contributed by atoms with Gasteiger partial charge in [-0.15, -0.1) is 0 Å². The summed E-state index contributed by atoms with van der Waals surface area (Å²) in [6, 6.07) is 0.554. The molecule has 0 aliphatic carbocycles. The van der Waals surface area contributed by atoms with Crippen LogP contribution in [0.3, 0.4) is 0 Å². The van der Waals surface area contributed by atoms with Crippen LogP contribution in [0.4, 0.5) is 28.4 Å². The molecule has 36 heavy (non-hydrogen) atoms. The summed E-state index contributed by atoms with van der Waals surface area (Å²) in [6.45, 7) is 12.6. The third kappa shape index (κ3) is 8.98. The van der Waals surface area contributed by atoms with E-state index in [0.717, 1.165) is 20.0 Å². The second-order valence-corrected chi connectivity index (χ2v) is 10.5. The molecular formula is C25H37F3N2O6. The molecule has 1 aromatic heterocycles. The van der Waals surface area contributed by atoms with E-state index in [9.17, 15) is 27.6 Å². The number of imide groups is 1. The van der Waals surface area contributed by atoms with Gasteiger partial charge in [-0.2, -0.15) is 18.1 Å². The van der Waals surface area contributed by atoms with Crippen LogP contribution >= 0.6 is 0 Å². The Balaban J connectivity index is 3.91. The maximum atomic E-state index is 14.2. The van der Waals surface area contributed by atoms with Gasteiger partial charge in [0, 0.05) is 0 Å². The Labute approximate surface area is 210 Å². The first-order chi connectivity index (χ1) is 16.3. The zero-order valence-corrected chi connectivity index (χ0v) is 22.5. The van der Waals surface area contributed by atoms with E-state index in [1.807, 2.05) is 6.92 Å². The van der Waals surface area contributed by atoms with E-state index in [4.69, 9.17) is 14.2 Å². The number of amides is 2. The number of halogens is 3. The molecule has 1 rings (SSSR count). The lowest BCUT2D eigenvalue weighted by Crippen LogP contribution is -2.44. The van der Waals surface area contributed by atoms with Crippen molar-refractivity contribution in [3.63, 3.8) is 0 Å². The Hall–Kier alpha value is -2.85. The number of pyridine rings is 1. The number of nitrogens with zero attached hydrogens (tertiary/aromatic N) is 2. The molecule has 0 saturated carbocycles. The molecular weight excluding hydrogens is 481 g/mol. The molecule has 0 aliphatic heterocycles. The van der Waals surface area contributed by atoms with Gasteiger partial charge in [0.1, 0.15) is 11.2 Å². The number of alkyl halides is 3. The predicted molar refractivity (Wildman–Crippen MR) is 128 cm³/mol. The fourth-order valence-corrected chi connectivity index (χ4v) is 3.26. The number of esters is 1. The summed E-state index contributed by atoms with van der Waals surface area (Å²) in [6.07, 6.45) is -4.81. The summed E-state index contributed by atoms with van der Waals surface area (Å²) in [5.74, 6) is -1.79. The van der Waals surface area contributed by atoms with Crippen LogP contribution in [0, 0.1) is 0 Å². The highest BCUT2D eigenvalue weighted by atomic mass is 19.4. The third-order valence-corrected chi connectivity index (χ3v) is 4.82. The van der Waals surface area contributed by atoms with Gasteiger partial charge in [-0.25, -0.2) is 19.4 Å². The minimum atomic E-state index is -4.89. The van der Waals surface area contributed by atoms with Crippen molar-refractivity contribution in [3.8, 4) is 0 Å². The average Bonchev–Trinajstić information content (AvgIpc) is 2.69.